The van der Waals surface area contributed by atoms with Crippen molar-refractivity contribution < 1.29 is 27.9 Å². The molecule has 2 rings (SSSR count). The van der Waals surface area contributed by atoms with Crippen molar-refractivity contribution in [1.29, 1.82) is 0 Å². The molecule has 1 fully saturated rings. The number of hydrogen-bond acceptors (Lipinski definition) is 4. The Morgan fingerprint density at radius 1 is 1.25 bits per heavy atom. The number of likely N-dealkylation sites (tertiary alicyclic amines) is 1. The highest BCUT2D eigenvalue weighted by Gasteiger charge is 2.31. The van der Waals surface area contributed by atoms with E-state index in [1.54, 1.807) is 0 Å². The molecule has 2 amide bonds. The highest BCUT2D eigenvalue weighted by Crippen LogP contribution is 2.21. The smallest absolute Gasteiger partial charge is 0.340 e. The first-order valence-corrected chi connectivity index (χ1v) is 7.59. The number of nitrogens with two attached hydrogens (primary N) is 1. The Labute approximate surface area is 141 Å². The van der Waals surface area contributed by atoms with E-state index < -0.39 is 47.6 Å². The molecule has 1 saturated heterocycles. The van der Waals surface area contributed by atoms with Gasteiger partial charge in [-0.25, -0.2) is 13.6 Å². The second kappa shape index (κ2) is 7.57. The molecule has 1 atom stereocenters. The molecular formula is C15H15ClF2N2O4. The quantitative estimate of drug-likeness (QED) is 0.653. The number of amides is 2. The summed E-state index contributed by atoms with van der Waals surface area (Å²) in [6.45, 7) is -0.326. The molecule has 130 valence electrons. The summed E-state index contributed by atoms with van der Waals surface area (Å²) in [7, 11) is 0. The molecule has 2 N–H and O–H groups in total. The second-order valence-corrected chi connectivity index (χ2v) is 5.73. The third kappa shape index (κ3) is 4.00. The number of nitrogens with zero attached hydrogens (tertiary/aromatic N) is 1. The predicted octanol–water partition coefficient (Wildman–Crippen LogP) is 1.64. The van der Waals surface area contributed by atoms with Crippen molar-refractivity contribution in [3.8, 4) is 0 Å². The first-order valence-electron chi connectivity index (χ1n) is 7.21. The maximum atomic E-state index is 13.2. The average Bonchev–Trinajstić information content (AvgIpc) is 2.55. The summed E-state index contributed by atoms with van der Waals surface area (Å²) in [5.74, 6) is -4.75. The molecule has 1 aliphatic rings. The van der Waals surface area contributed by atoms with Gasteiger partial charge in [0.25, 0.3) is 5.91 Å². The van der Waals surface area contributed by atoms with Crippen LogP contribution in [0.2, 0.25) is 5.02 Å². The minimum Gasteiger partial charge on any atom is -0.452 e. The summed E-state index contributed by atoms with van der Waals surface area (Å²) in [5.41, 5.74) is 4.86. The van der Waals surface area contributed by atoms with Gasteiger partial charge in [0.05, 0.1) is 10.6 Å². The third-order valence-corrected chi connectivity index (χ3v) is 4.02. The Balaban J connectivity index is 2.02. The largest absolute Gasteiger partial charge is 0.452 e. The fourth-order valence-electron chi connectivity index (χ4n) is 2.49. The molecule has 0 saturated carbocycles. The standard InChI is InChI=1S/C15H15ClF2N2O4/c16-9-6-11(18)10(17)5-8(9)15(23)24-7-13(21)20-4-2-1-3-12(20)14(19)22/h5-6,12H,1-4,7H2,(H2,19,22)/t12-/m1/s1. The number of primary amides is 1. The molecule has 6 nitrogen and oxygen atoms in total. The van der Waals surface area contributed by atoms with Crippen LogP contribution in [0.15, 0.2) is 12.1 Å². The number of benzene rings is 1. The molecule has 0 bridgehead atoms. The molecule has 1 aromatic carbocycles. The zero-order valence-electron chi connectivity index (χ0n) is 12.6. The van der Waals surface area contributed by atoms with E-state index in [1.165, 1.54) is 4.90 Å². The van der Waals surface area contributed by atoms with Crippen molar-refractivity contribution in [2.45, 2.75) is 25.3 Å². The van der Waals surface area contributed by atoms with Gasteiger partial charge >= 0.3 is 5.97 Å². The summed E-state index contributed by atoms with van der Waals surface area (Å²) in [6.07, 6.45) is 1.92. The Morgan fingerprint density at radius 3 is 2.58 bits per heavy atom. The molecule has 9 heteroatoms. The van der Waals surface area contributed by atoms with Crippen LogP contribution in [-0.2, 0) is 14.3 Å². The minimum absolute atomic E-state index is 0.329. The van der Waals surface area contributed by atoms with Crippen LogP contribution in [0.5, 0.6) is 0 Å². The van der Waals surface area contributed by atoms with Gasteiger partial charge in [-0.3, -0.25) is 9.59 Å². The highest BCUT2D eigenvalue weighted by molar-refractivity contribution is 6.33. The van der Waals surface area contributed by atoms with E-state index in [0.717, 1.165) is 6.42 Å². The van der Waals surface area contributed by atoms with E-state index in [-0.39, 0.29) is 5.02 Å². The Bertz CT molecular complexity index is 684. The average molecular weight is 361 g/mol. The van der Waals surface area contributed by atoms with Crippen molar-refractivity contribution in [2.24, 2.45) is 5.73 Å². The van der Waals surface area contributed by atoms with Crippen LogP contribution in [0.4, 0.5) is 8.78 Å². The third-order valence-electron chi connectivity index (χ3n) is 3.71. The van der Waals surface area contributed by atoms with Crippen LogP contribution in [-0.4, -0.2) is 41.9 Å². The second-order valence-electron chi connectivity index (χ2n) is 5.32. The van der Waals surface area contributed by atoms with Crippen LogP contribution in [0, 0.1) is 11.6 Å². The molecule has 0 radical (unpaired) electrons. The summed E-state index contributed by atoms with van der Waals surface area (Å²) >= 11 is 5.66. The SMILES string of the molecule is NC(=O)[C@H]1CCCCN1C(=O)COC(=O)c1cc(F)c(F)cc1Cl. The van der Waals surface area contributed by atoms with Crippen LogP contribution in [0.1, 0.15) is 29.6 Å². The van der Waals surface area contributed by atoms with Crippen LogP contribution >= 0.6 is 11.6 Å². The van der Waals surface area contributed by atoms with Crippen molar-refractivity contribution in [3.05, 3.63) is 34.4 Å². The fraction of sp³-hybridized carbons (Fsp3) is 0.400. The summed E-state index contributed by atoms with van der Waals surface area (Å²) in [5, 5.41) is -0.334. The maximum Gasteiger partial charge on any atom is 0.340 e. The molecule has 1 aliphatic heterocycles. The molecule has 0 unspecified atom stereocenters. The Hall–Kier alpha value is -2.22. The van der Waals surface area contributed by atoms with E-state index in [4.69, 9.17) is 22.1 Å². The zero-order valence-corrected chi connectivity index (χ0v) is 13.3. The number of hydrogen-bond donors (Lipinski definition) is 1. The van der Waals surface area contributed by atoms with E-state index in [1.807, 2.05) is 0 Å². The van der Waals surface area contributed by atoms with E-state index in [2.05, 4.69) is 0 Å². The van der Waals surface area contributed by atoms with E-state index in [9.17, 15) is 23.2 Å². The van der Waals surface area contributed by atoms with Gasteiger partial charge in [0.2, 0.25) is 5.91 Å². The molecule has 1 aromatic rings. The lowest BCUT2D eigenvalue weighted by Gasteiger charge is -2.33. The van der Waals surface area contributed by atoms with Crippen molar-refractivity contribution in [2.75, 3.05) is 13.2 Å². The van der Waals surface area contributed by atoms with Gasteiger partial charge in [-0.05, 0) is 31.4 Å². The maximum absolute atomic E-state index is 13.2. The predicted molar refractivity (Wildman–Crippen MR) is 80.2 cm³/mol. The molecule has 0 spiro atoms. The molecule has 0 aromatic heterocycles. The topological polar surface area (TPSA) is 89.7 Å². The van der Waals surface area contributed by atoms with Gasteiger partial charge < -0.3 is 15.4 Å². The normalized spacial score (nSPS) is 17.5. The van der Waals surface area contributed by atoms with Crippen molar-refractivity contribution in [3.63, 3.8) is 0 Å². The van der Waals surface area contributed by atoms with E-state index >= 15 is 0 Å². The van der Waals surface area contributed by atoms with Crippen LogP contribution in [0.25, 0.3) is 0 Å². The monoisotopic (exact) mass is 360 g/mol. The number of ether oxygens (including phenoxy) is 1. The fourth-order valence-corrected chi connectivity index (χ4v) is 2.72. The van der Waals surface area contributed by atoms with E-state index in [0.29, 0.717) is 31.5 Å². The van der Waals surface area contributed by atoms with Gasteiger partial charge in [-0.1, -0.05) is 11.6 Å². The molecule has 1 heterocycles. The number of rotatable bonds is 4. The Kier molecular flexibility index (Phi) is 5.71. The number of halogens is 3. The van der Waals surface area contributed by atoms with Gasteiger partial charge in [0.15, 0.2) is 18.2 Å². The first kappa shape index (κ1) is 18.1. The molecular weight excluding hydrogens is 346 g/mol. The minimum atomic E-state index is -1.26. The van der Waals surface area contributed by atoms with Crippen molar-refractivity contribution >= 4 is 29.4 Å². The summed E-state index contributed by atoms with van der Waals surface area (Å²) in [4.78, 5) is 36.6. The zero-order chi connectivity index (χ0) is 17.9. The van der Waals surface area contributed by atoms with Crippen molar-refractivity contribution in [1.82, 2.24) is 4.90 Å². The lowest BCUT2D eigenvalue weighted by Crippen LogP contribution is -2.51. The lowest BCUT2D eigenvalue weighted by atomic mass is 10.0. The van der Waals surface area contributed by atoms with Gasteiger partial charge in [-0.15, -0.1) is 0 Å². The lowest BCUT2D eigenvalue weighted by molar-refractivity contribution is -0.143. The van der Waals surface area contributed by atoms with Crippen LogP contribution in [0.3, 0.4) is 0 Å². The summed E-state index contributed by atoms with van der Waals surface area (Å²) in [6, 6.07) is 0.498. The number of piperidine rings is 1. The number of esters is 1. The van der Waals surface area contributed by atoms with Gasteiger partial charge in [0, 0.05) is 6.54 Å². The Morgan fingerprint density at radius 2 is 1.92 bits per heavy atom. The highest BCUT2D eigenvalue weighted by atomic mass is 35.5. The molecule has 0 aliphatic carbocycles. The number of carbonyl (C=O) groups is 3. The van der Waals surface area contributed by atoms with Gasteiger partial charge in [0.1, 0.15) is 6.04 Å². The van der Waals surface area contributed by atoms with Crippen LogP contribution < -0.4 is 5.73 Å². The summed E-state index contributed by atoms with van der Waals surface area (Å²) < 4.78 is 31.0. The number of carbonyl (C=O) groups excluding carboxylic acids is 3. The molecule has 24 heavy (non-hydrogen) atoms. The first-order chi connectivity index (χ1) is 11.3. The van der Waals surface area contributed by atoms with Gasteiger partial charge in [-0.2, -0.15) is 0 Å².